The van der Waals surface area contributed by atoms with E-state index in [-0.39, 0.29) is 23.8 Å². The van der Waals surface area contributed by atoms with Crippen LogP contribution in [-0.4, -0.2) is 30.6 Å². The number of carbonyl (C=O) groups is 2. The largest absolute Gasteiger partial charge is 0.364 e. The molecule has 6 heteroatoms. The zero-order valence-electron chi connectivity index (χ0n) is 14.5. The van der Waals surface area contributed by atoms with E-state index in [1.165, 1.54) is 0 Å². The van der Waals surface area contributed by atoms with E-state index in [1.54, 1.807) is 0 Å². The Morgan fingerprint density at radius 2 is 1.92 bits per heavy atom. The molecular formula is C19H27N3O3. The topological polar surface area (TPSA) is 93.5 Å². The van der Waals surface area contributed by atoms with Gasteiger partial charge in [0.1, 0.15) is 6.10 Å². The second-order valence-corrected chi connectivity index (χ2v) is 6.95. The lowest BCUT2D eigenvalue weighted by molar-refractivity contribution is -0.132. The van der Waals surface area contributed by atoms with E-state index < -0.39 is 6.10 Å². The molecule has 4 N–H and O–H groups in total. The molecule has 2 amide bonds. The van der Waals surface area contributed by atoms with Crippen LogP contribution in [0.3, 0.4) is 0 Å². The molecule has 2 fully saturated rings. The third kappa shape index (κ3) is 4.80. The van der Waals surface area contributed by atoms with E-state index in [0.717, 1.165) is 43.4 Å². The van der Waals surface area contributed by atoms with E-state index in [4.69, 9.17) is 10.5 Å². The van der Waals surface area contributed by atoms with Gasteiger partial charge in [0.05, 0.1) is 6.10 Å². The maximum Gasteiger partial charge on any atom is 0.249 e. The van der Waals surface area contributed by atoms with Crippen LogP contribution >= 0.6 is 0 Å². The van der Waals surface area contributed by atoms with E-state index >= 15 is 0 Å². The molecule has 0 bridgehead atoms. The average Bonchev–Trinajstić information content (AvgIpc) is 3.31. The molecular weight excluding hydrogens is 318 g/mol. The molecule has 3 rings (SSSR count). The van der Waals surface area contributed by atoms with Gasteiger partial charge >= 0.3 is 0 Å². The van der Waals surface area contributed by atoms with Crippen molar-refractivity contribution in [2.75, 3.05) is 11.9 Å². The summed E-state index contributed by atoms with van der Waals surface area (Å²) in [6.07, 6.45) is 5.36. The first-order chi connectivity index (χ1) is 12.2. The zero-order chi connectivity index (χ0) is 17.6. The van der Waals surface area contributed by atoms with Crippen LogP contribution in [0.25, 0.3) is 0 Å². The van der Waals surface area contributed by atoms with Crippen molar-refractivity contribution < 1.29 is 14.3 Å². The highest BCUT2D eigenvalue weighted by Crippen LogP contribution is 2.26. The summed E-state index contributed by atoms with van der Waals surface area (Å²) >= 11 is 0. The Morgan fingerprint density at radius 1 is 1.12 bits per heavy atom. The van der Waals surface area contributed by atoms with Gasteiger partial charge < -0.3 is 21.1 Å². The summed E-state index contributed by atoms with van der Waals surface area (Å²) in [5.74, 6) is 0.139. The number of hydrogen-bond donors (Lipinski definition) is 3. The number of anilines is 1. The summed E-state index contributed by atoms with van der Waals surface area (Å²) in [5, 5.41) is 5.89. The number of ether oxygens (including phenoxy) is 1. The van der Waals surface area contributed by atoms with Gasteiger partial charge in [-0.25, -0.2) is 0 Å². The number of hydrogen-bond acceptors (Lipinski definition) is 4. The molecule has 0 aromatic heterocycles. The van der Waals surface area contributed by atoms with Gasteiger partial charge in [-0.15, -0.1) is 0 Å². The van der Waals surface area contributed by atoms with Crippen LogP contribution in [0.5, 0.6) is 0 Å². The van der Waals surface area contributed by atoms with Crippen molar-refractivity contribution in [2.45, 2.75) is 57.3 Å². The fourth-order valence-corrected chi connectivity index (χ4v) is 3.57. The fourth-order valence-electron chi connectivity index (χ4n) is 3.57. The Bertz CT molecular complexity index is 614. The van der Waals surface area contributed by atoms with Crippen molar-refractivity contribution in [3.05, 3.63) is 29.8 Å². The lowest BCUT2D eigenvalue weighted by Gasteiger charge is -2.14. The van der Waals surface area contributed by atoms with Crippen molar-refractivity contribution in [3.63, 3.8) is 0 Å². The van der Waals surface area contributed by atoms with Gasteiger partial charge in [0, 0.05) is 24.7 Å². The van der Waals surface area contributed by atoms with E-state index in [2.05, 4.69) is 10.6 Å². The molecule has 0 radical (unpaired) electrons. The SMILES string of the molecule is NC[C@H]1CC[C@@H](C(=O)NCc2cccc(NC(=O)C3CCCC3)c2)O1. The predicted molar refractivity (Wildman–Crippen MR) is 95.8 cm³/mol. The van der Waals surface area contributed by atoms with E-state index in [1.807, 2.05) is 24.3 Å². The maximum atomic E-state index is 12.2. The first-order valence-electron chi connectivity index (χ1n) is 9.18. The Kier molecular flexibility index (Phi) is 6.04. The van der Waals surface area contributed by atoms with E-state index in [9.17, 15) is 9.59 Å². The molecule has 1 saturated heterocycles. The standard InChI is InChI=1S/C19H27N3O3/c20-11-16-8-9-17(25-16)19(24)21-12-13-4-3-7-15(10-13)22-18(23)14-5-1-2-6-14/h3-4,7,10,14,16-17H,1-2,5-6,8-9,11-12,20H2,(H,21,24)(H,22,23)/t16-,17+/m1/s1. The number of nitrogens with one attached hydrogen (secondary N) is 2. The quantitative estimate of drug-likeness (QED) is 0.734. The molecule has 2 aliphatic rings. The monoisotopic (exact) mass is 345 g/mol. The number of benzene rings is 1. The van der Waals surface area contributed by atoms with Crippen LogP contribution in [0.1, 0.15) is 44.1 Å². The second kappa shape index (κ2) is 8.45. The third-order valence-electron chi connectivity index (χ3n) is 5.05. The van der Waals surface area contributed by atoms with Crippen LogP contribution < -0.4 is 16.4 Å². The van der Waals surface area contributed by atoms with Gasteiger partial charge in [0.2, 0.25) is 11.8 Å². The van der Waals surface area contributed by atoms with Crippen LogP contribution in [0.15, 0.2) is 24.3 Å². The maximum absolute atomic E-state index is 12.2. The summed E-state index contributed by atoms with van der Waals surface area (Å²) in [4.78, 5) is 24.4. The van der Waals surface area contributed by atoms with Crippen molar-refractivity contribution in [1.82, 2.24) is 5.32 Å². The third-order valence-corrected chi connectivity index (χ3v) is 5.05. The first kappa shape index (κ1) is 17.9. The van der Waals surface area contributed by atoms with Crippen molar-refractivity contribution >= 4 is 17.5 Å². The summed E-state index contributed by atoms with van der Waals surface area (Å²) in [6.45, 7) is 0.867. The van der Waals surface area contributed by atoms with Crippen LogP contribution in [0.2, 0.25) is 0 Å². The Labute approximate surface area is 148 Å². The molecule has 1 aliphatic heterocycles. The predicted octanol–water partition coefficient (Wildman–Crippen LogP) is 1.94. The summed E-state index contributed by atoms with van der Waals surface area (Å²) in [6, 6.07) is 7.61. The molecule has 2 atom stereocenters. The smallest absolute Gasteiger partial charge is 0.249 e. The first-order valence-corrected chi connectivity index (χ1v) is 9.18. The van der Waals surface area contributed by atoms with Gasteiger partial charge in [-0.3, -0.25) is 9.59 Å². The van der Waals surface area contributed by atoms with Crippen LogP contribution in [0.4, 0.5) is 5.69 Å². The highest BCUT2D eigenvalue weighted by molar-refractivity contribution is 5.92. The van der Waals surface area contributed by atoms with Crippen LogP contribution in [0, 0.1) is 5.92 Å². The molecule has 1 saturated carbocycles. The summed E-state index contributed by atoms with van der Waals surface area (Å²) in [5.41, 5.74) is 7.30. The van der Waals surface area contributed by atoms with Gasteiger partial charge in [-0.05, 0) is 43.4 Å². The number of nitrogens with two attached hydrogens (primary N) is 1. The summed E-state index contributed by atoms with van der Waals surface area (Å²) < 4.78 is 5.60. The molecule has 6 nitrogen and oxygen atoms in total. The minimum absolute atomic E-state index is 0.00937. The highest BCUT2D eigenvalue weighted by atomic mass is 16.5. The minimum atomic E-state index is -0.404. The lowest BCUT2D eigenvalue weighted by atomic mass is 10.1. The Morgan fingerprint density at radius 3 is 2.64 bits per heavy atom. The molecule has 136 valence electrons. The molecule has 1 heterocycles. The molecule has 25 heavy (non-hydrogen) atoms. The lowest BCUT2D eigenvalue weighted by Crippen LogP contribution is -2.35. The molecule has 1 aliphatic carbocycles. The second-order valence-electron chi connectivity index (χ2n) is 6.95. The molecule has 0 unspecified atom stereocenters. The minimum Gasteiger partial charge on any atom is -0.364 e. The number of amides is 2. The molecule has 1 aromatic carbocycles. The van der Waals surface area contributed by atoms with Crippen molar-refractivity contribution in [2.24, 2.45) is 11.7 Å². The van der Waals surface area contributed by atoms with Crippen LogP contribution in [-0.2, 0) is 20.9 Å². The normalized spacial score (nSPS) is 23.6. The van der Waals surface area contributed by atoms with Crippen molar-refractivity contribution in [1.29, 1.82) is 0 Å². The molecule has 0 spiro atoms. The van der Waals surface area contributed by atoms with Gasteiger partial charge in [0.25, 0.3) is 0 Å². The van der Waals surface area contributed by atoms with E-state index in [0.29, 0.717) is 19.5 Å². The summed E-state index contributed by atoms with van der Waals surface area (Å²) in [7, 11) is 0. The molecule has 1 aromatic rings. The number of rotatable bonds is 6. The highest BCUT2D eigenvalue weighted by Gasteiger charge is 2.29. The van der Waals surface area contributed by atoms with Gasteiger partial charge in [-0.2, -0.15) is 0 Å². The Balaban J connectivity index is 1.49. The fraction of sp³-hybridized carbons (Fsp3) is 0.579. The van der Waals surface area contributed by atoms with Crippen molar-refractivity contribution in [3.8, 4) is 0 Å². The average molecular weight is 345 g/mol. The number of carbonyl (C=O) groups excluding carboxylic acids is 2. The zero-order valence-corrected chi connectivity index (χ0v) is 14.5. The van der Waals surface area contributed by atoms with Gasteiger partial charge in [0.15, 0.2) is 0 Å². The van der Waals surface area contributed by atoms with Gasteiger partial charge in [-0.1, -0.05) is 25.0 Å². The Hall–Kier alpha value is -1.92.